The van der Waals surface area contributed by atoms with Gasteiger partial charge in [-0.3, -0.25) is 0 Å². The van der Waals surface area contributed by atoms with Crippen LogP contribution in [0.1, 0.15) is 16.1 Å². The summed E-state index contributed by atoms with van der Waals surface area (Å²) in [6.07, 6.45) is 1.17. The molecule has 0 aliphatic heterocycles. The van der Waals surface area contributed by atoms with E-state index < -0.39 is 25.0 Å². The number of carbonyl (C=O) groups is 1. The molecule has 0 aliphatic rings. The molecule has 1 rings (SSSR count). The van der Waals surface area contributed by atoms with Crippen LogP contribution in [0.2, 0.25) is 0 Å². The van der Waals surface area contributed by atoms with Crippen molar-refractivity contribution in [3.8, 4) is 0 Å². The number of hydrogen-bond acceptors (Lipinski definition) is 4. The van der Waals surface area contributed by atoms with E-state index in [0.717, 1.165) is 0 Å². The Bertz CT molecular complexity index is 364. The number of aliphatic hydroxyl groups is 1. The highest BCUT2D eigenvalue weighted by atomic mass is 19.3. The molecule has 1 heterocycles. The summed E-state index contributed by atoms with van der Waals surface area (Å²) in [6, 6.07) is 1.24. The van der Waals surface area contributed by atoms with Gasteiger partial charge in [0.05, 0.1) is 19.4 Å². The van der Waals surface area contributed by atoms with Crippen LogP contribution in [0.15, 0.2) is 16.7 Å². The minimum absolute atomic E-state index is 0.0696. The molecule has 0 radical (unpaired) electrons. The maximum absolute atomic E-state index is 12.6. The van der Waals surface area contributed by atoms with E-state index in [1.807, 2.05) is 0 Å². The second-order valence-electron chi connectivity index (χ2n) is 3.18. The first-order valence-electron chi connectivity index (χ1n) is 4.45. The van der Waals surface area contributed by atoms with Crippen molar-refractivity contribution in [3.05, 3.63) is 23.7 Å². The third-order valence-electron chi connectivity index (χ3n) is 1.88. The van der Waals surface area contributed by atoms with E-state index in [2.05, 4.69) is 5.32 Å². The van der Waals surface area contributed by atoms with Crippen molar-refractivity contribution in [2.45, 2.75) is 12.5 Å². The fourth-order valence-corrected chi connectivity index (χ4v) is 1.08. The van der Waals surface area contributed by atoms with Crippen LogP contribution in [-0.4, -0.2) is 35.3 Å². The SMILES string of the molecule is O=C(O)c1ccoc1CNCC(F)(F)CO. The molecule has 0 atom stereocenters. The molecule has 3 N–H and O–H groups in total. The molecule has 90 valence electrons. The monoisotopic (exact) mass is 235 g/mol. The molecule has 1 aromatic rings. The van der Waals surface area contributed by atoms with E-state index in [9.17, 15) is 13.6 Å². The van der Waals surface area contributed by atoms with Crippen LogP contribution in [-0.2, 0) is 6.54 Å². The summed E-state index contributed by atoms with van der Waals surface area (Å²) in [6.45, 7) is -2.14. The van der Waals surface area contributed by atoms with Gasteiger partial charge in [0, 0.05) is 0 Å². The molecule has 0 saturated carbocycles. The first kappa shape index (κ1) is 12.6. The molecule has 0 unspecified atom stereocenters. The first-order chi connectivity index (χ1) is 7.46. The number of hydrogen-bond donors (Lipinski definition) is 3. The Kier molecular flexibility index (Phi) is 3.97. The third kappa shape index (κ3) is 3.28. The van der Waals surface area contributed by atoms with Crippen molar-refractivity contribution in [1.29, 1.82) is 0 Å². The zero-order valence-corrected chi connectivity index (χ0v) is 8.24. The van der Waals surface area contributed by atoms with Gasteiger partial charge in [0.1, 0.15) is 17.9 Å². The molecule has 0 amide bonds. The van der Waals surface area contributed by atoms with E-state index in [-0.39, 0.29) is 17.9 Å². The van der Waals surface area contributed by atoms with Crippen LogP contribution in [0.3, 0.4) is 0 Å². The maximum Gasteiger partial charge on any atom is 0.339 e. The van der Waals surface area contributed by atoms with Crippen molar-refractivity contribution in [1.82, 2.24) is 5.32 Å². The molecule has 0 spiro atoms. The summed E-state index contributed by atoms with van der Waals surface area (Å²) in [5.74, 6) is -4.34. The van der Waals surface area contributed by atoms with Gasteiger partial charge >= 0.3 is 5.97 Å². The van der Waals surface area contributed by atoms with Crippen molar-refractivity contribution in [2.75, 3.05) is 13.2 Å². The van der Waals surface area contributed by atoms with Crippen LogP contribution in [0.25, 0.3) is 0 Å². The van der Waals surface area contributed by atoms with Crippen molar-refractivity contribution in [3.63, 3.8) is 0 Å². The average molecular weight is 235 g/mol. The van der Waals surface area contributed by atoms with Gasteiger partial charge in [-0.05, 0) is 6.07 Å². The molecule has 1 aromatic heterocycles. The summed E-state index contributed by atoms with van der Waals surface area (Å²) in [5.41, 5.74) is -0.0696. The zero-order valence-electron chi connectivity index (χ0n) is 8.24. The summed E-state index contributed by atoms with van der Waals surface area (Å²) in [7, 11) is 0. The lowest BCUT2D eigenvalue weighted by Gasteiger charge is -2.13. The molecule has 7 heteroatoms. The van der Waals surface area contributed by atoms with Crippen LogP contribution < -0.4 is 5.32 Å². The highest BCUT2D eigenvalue weighted by Crippen LogP contribution is 2.12. The quantitative estimate of drug-likeness (QED) is 0.675. The van der Waals surface area contributed by atoms with Gasteiger partial charge < -0.3 is 19.9 Å². The fraction of sp³-hybridized carbons (Fsp3) is 0.444. The van der Waals surface area contributed by atoms with Gasteiger partial charge in [-0.2, -0.15) is 0 Å². The number of carboxylic acid groups (broad SMARTS) is 1. The molecule has 16 heavy (non-hydrogen) atoms. The number of nitrogens with one attached hydrogen (secondary N) is 1. The lowest BCUT2D eigenvalue weighted by atomic mass is 10.2. The van der Waals surface area contributed by atoms with Crippen LogP contribution in [0, 0.1) is 0 Å². The van der Waals surface area contributed by atoms with E-state index in [1.54, 1.807) is 0 Å². The Morgan fingerprint density at radius 3 is 2.81 bits per heavy atom. The van der Waals surface area contributed by atoms with Gasteiger partial charge in [0.15, 0.2) is 0 Å². The average Bonchev–Trinajstić information content (AvgIpc) is 2.66. The minimum atomic E-state index is -3.23. The number of alkyl halides is 2. The lowest BCUT2D eigenvalue weighted by Crippen LogP contribution is -2.35. The fourth-order valence-electron chi connectivity index (χ4n) is 1.08. The molecule has 0 fully saturated rings. The van der Waals surface area contributed by atoms with Crippen LogP contribution >= 0.6 is 0 Å². The minimum Gasteiger partial charge on any atom is -0.478 e. The topological polar surface area (TPSA) is 82.7 Å². The Morgan fingerprint density at radius 1 is 1.56 bits per heavy atom. The summed E-state index contributed by atoms with van der Waals surface area (Å²) < 4.78 is 30.0. The van der Waals surface area contributed by atoms with E-state index in [0.29, 0.717) is 0 Å². The lowest BCUT2D eigenvalue weighted by molar-refractivity contribution is -0.0479. The van der Waals surface area contributed by atoms with Gasteiger partial charge in [0.2, 0.25) is 0 Å². The van der Waals surface area contributed by atoms with Gasteiger partial charge in [0.25, 0.3) is 5.92 Å². The Balaban J connectivity index is 2.49. The van der Waals surface area contributed by atoms with Crippen molar-refractivity contribution >= 4 is 5.97 Å². The first-order valence-corrected chi connectivity index (χ1v) is 4.45. The van der Waals surface area contributed by atoms with E-state index in [4.69, 9.17) is 14.6 Å². The zero-order chi connectivity index (χ0) is 12.2. The Morgan fingerprint density at radius 2 is 2.25 bits per heavy atom. The summed E-state index contributed by atoms with van der Waals surface area (Å²) in [4.78, 5) is 10.6. The highest BCUT2D eigenvalue weighted by molar-refractivity contribution is 5.88. The van der Waals surface area contributed by atoms with Gasteiger partial charge in [-0.1, -0.05) is 0 Å². The number of aliphatic hydroxyl groups excluding tert-OH is 1. The number of aromatic carboxylic acids is 1. The smallest absolute Gasteiger partial charge is 0.339 e. The predicted octanol–water partition coefficient (Wildman–Crippen LogP) is 0.695. The Hall–Kier alpha value is -1.47. The third-order valence-corrected chi connectivity index (χ3v) is 1.88. The standard InChI is InChI=1S/C9H11F2NO4/c10-9(11,5-13)4-12-3-7-6(8(14)15)1-2-16-7/h1-2,12-13H,3-5H2,(H,14,15). The molecule has 0 aliphatic carbocycles. The van der Waals surface area contributed by atoms with Crippen LogP contribution in [0.4, 0.5) is 8.78 Å². The summed E-state index contributed by atoms with van der Waals surface area (Å²) >= 11 is 0. The normalized spacial score (nSPS) is 11.7. The van der Waals surface area contributed by atoms with E-state index >= 15 is 0 Å². The predicted molar refractivity (Wildman–Crippen MR) is 49.4 cm³/mol. The van der Waals surface area contributed by atoms with Gasteiger partial charge in [-0.25, -0.2) is 13.6 Å². The second kappa shape index (κ2) is 5.04. The van der Waals surface area contributed by atoms with Crippen molar-refractivity contribution < 1.29 is 28.2 Å². The molecule has 0 saturated heterocycles. The van der Waals surface area contributed by atoms with E-state index in [1.165, 1.54) is 12.3 Å². The molecule has 5 nitrogen and oxygen atoms in total. The molecular formula is C9H11F2NO4. The van der Waals surface area contributed by atoms with Crippen LogP contribution in [0.5, 0.6) is 0 Å². The Labute approximate surface area is 89.7 Å². The number of rotatable bonds is 6. The van der Waals surface area contributed by atoms with Gasteiger partial charge in [-0.15, -0.1) is 0 Å². The number of carboxylic acids is 1. The maximum atomic E-state index is 12.6. The highest BCUT2D eigenvalue weighted by Gasteiger charge is 2.27. The number of halogens is 2. The molecule has 0 bridgehead atoms. The molecule has 0 aromatic carbocycles. The molecular weight excluding hydrogens is 224 g/mol. The summed E-state index contributed by atoms with van der Waals surface area (Å²) in [5, 5.41) is 19.3. The second-order valence-corrected chi connectivity index (χ2v) is 3.18. The number of furan rings is 1. The largest absolute Gasteiger partial charge is 0.478 e. The van der Waals surface area contributed by atoms with Crippen molar-refractivity contribution in [2.24, 2.45) is 0 Å².